The van der Waals surface area contributed by atoms with E-state index in [4.69, 9.17) is 4.42 Å². The number of thiazole rings is 1. The van der Waals surface area contributed by atoms with E-state index in [2.05, 4.69) is 36.4 Å². The van der Waals surface area contributed by atoms with Crippen molar-refractivity contribution in [1.82, 2.24) is 15.2 Å². The number of carbonyl (C=O) groups is 1. The molecule has 29 heavy (non-hydrogen) atoms. The van der Waals surface area contributed by atoms with Crippen LogP contribution < -0.4 is 5.32 Å². The predicted octanol–water partition coefficient (Wildman–Crippen LogP) is 5.49. The van der Waals surface area contributed by atoms with Gasteiger partial charge in [0.15, 0.2) is 5.13 Å². The Bertz CT molecular complexity index is 1150. The Morgan fingerprint density at radius 1 is 1.17 bits per heavy atom. The second-order valence-electron chi connectivity index (χ2n) is 5.73. The lowest BCUT2D eigenvalue weighted by atomic mass is 10.2. The van der Waals surface area contributed by atoms with E-state index < -0.39 is 5.82 Å². The highest BCUT2D eigenvalue weighted by atomic mass is 79.9. The van der Waals surface area contributed by atoms with Crippen LogP contribution in [0.1, 0.15) is 0 Å². The minimum absolute atomic E-state index is 0.0616. The molecule has 0 radical (unpaired) electrons. The van der Waals surface area contributed by atoms with Crippen LogP contribution in [-0.2, 0) is 4.79 Å². The predicted molar refractivity (Wildman–Crippen MR) is 114 cm³/mol. The van der Waals surface area contributed by atoms with Crippen LogP contribution in [-0.4, -0.2) is 26.8 Å². The van der Waals surface area contributed by atoms with Gasteiger partial charge in [0.1, 0.15) is 5.82 Å². The van der Waals surface area contributed by atoms with Gasteiger partial charge in [0, 0.05) is 15.4 Å². The van der Waals surface area contributed by atoms with Gasteiger partial charge in [0.25, 0.3) is 11.1 Å². The number of rotatable bonds is 6. The fraction of sp³-hybridized carbons (Fsp3) is 0.0526. The summed E-state index contributed by atoms with van der Waals surface area (Å²) in [5.74, 6) is -0.565. The van der Waals surface area contributed by atoms with Crippen LogP contribution in [0.4, 0.5) is 9.52 Å². The first kappa shape index (κ1) is 19.7. The monoisotopic (exact) mass is 490 g/mol. The maximum atomic E-state index is 13.8. The number of anilines is 1. The first-order valence-corrected chi connectivity index (χ1v) is 11.0. The van der Waals surface area contributed by atoms with Gasteiger partial charge in [-0.3, -0.25) is 4.79 Å². The SMILES string of the molecule is O=C(CSc1nnc(-c2ccccc2F)o1)Nc1nc(-c2ccc(Br)cc2)cs1. The summed E-state index contributed by atoms with van der Waals surface area (Å²) >= 11 is 5.81. The summed E-state index contributed by atoms with van der Waals surface area (Å²) in [6.07, 6.45) is 0. The summed E-state index contributed by atoms with van der Waals surface area (Å²) in [6, 6.07) is 13.9. The van der Waals surface area contributed by atoms with Crippen molar-refractivity contribution >= 4 is 50.1 Å². The fourth-order valence-corrected chi connectivity index (χ4v) is 3.94. The first-order valence-electron chi connectivity index (χ1n) is 8.31. The molecule has 6 nitrogen and oxygen atoms in total. The Kier molecular flexibility index (Phi) is 6.02. The highest BCUT2D eigenvalue weighted by Gasteiger charge is 2.15. The molecule has 2 heterocycles. The summed E-state index contributed by atoms with van der Waals surface area (Å²) in [5, 5.41) is 13.0. The molecule has 10 heteroatoms. The molecule has 0 aliphatic rings. The number of amides is 1. The van der Waals surface area contributed by atoms with Gasteiger partial charge in [-0.25, -0.2) is 9.37 Å². The average Bonchev–Trinajstić information content (AvgIpc) is 3.37. The van der Waals surface area contributed by atoms with E-state index in [9.17, 15) is 9.18 Å². The fourth-order valence-electron chi connectivity index (χ4n) is 2.38. The molecule has 0 unspecified atom stereocenters. The quantitative estimate of drug-likeness (QED) is 0.359. The third kappa shape index (κ3) is 4.89. The minimum Gasteiger partial charge on any atom is -0.411 e. The zero-order chi connectivity index (χ0) is 20.2. The van der Waals surface area contributed by atoms with Gasteiger partial charge in [-0.05, 0) is 24.3 Å². The van der Waals surface area contributed by atoms with Crippen molar-refractivity contribution in [1.29, 1.82) is 0 Å². The standard InChI is InChI=1S/C19H12BrFN4O2S2/c20-12-7-5-11(6-8-12)15-9-28-18(22-15)23-16(26)10-29-19-25-24-17(27-19)13-3-1-2-4-14(13)21/h1-9H,10H2,(H,22,23,26). The molecule has 0 bridgehead atoms. The van der Waals surface area contributed by atoms with E-state index in [1.807, 2.05) is 29.6 Å². The molecule has 0 aliphatic carbocycles. The van der Waals surface area contributed by atoms with Crippen molar-refractivity contribution in [3.63, 3.8) is 0 Å². The van der Waals surface area contributed by atoms with E-state index in [1.54, 1.807) is 18.2 Å². The number of nitrogens with zero attached hydrogens (tertiary/aromatic N) is 3. The van der Waals surface area contributed by atoms with Crippen LogP contribution in [0.25, 0.3) is 22.7 Å². The summed E-state index contributed by atoms with van der Waals surface area (Å²) in [7, 11) is 0. The van der Waals surface area contributed by atoms with Gasteiger partial charge in [0.2, 0.25) is 5.91 Å². The van der Waals surface area contributed by atoms with E-state index in [0.29, 0.717) is 5.13 Å². The molecular weight excluding hydrogens is 479 g/mol. The second kappa shape index (κ2) is 8.85. The number of nitrogens with one attached hydrogen (secondary N) is 1. The van der Waals surface area contributed by atoms with Crippen molar-refractivity contribution in [3.8, 4) is 22.7 Å². The Hall–Kier alpha value is -2.56. The van der Waals surface area contributed by atoms with Crippen molar-refractivity contribution in [2.45, 2.75) is 5.22 Å². The van der Waals surface area contributed by atoms with Crippen LogP contribution in [0.5, 0.6) is 0 Å². The van der Waals surface area contributed by atoms with Gasteiger partial charge in [-0.1, -0.05) is 52.0 Å². The molecule has 0 saturated carbocycles. The number of hydrogen-bond acceptors (Lipinski definition) is 7. The molecule has 1 amide bonds. The lowest BCUT2D eigenvalue weighted by Gasteiger charge is -2.00. The maximum absolute atomic E-state index is 13.8. The van der Waals surface area contributed by atoms with Crippen molar-refractivity contribution < 1.29 is 13.6 Å². The van der Waals surface area contributed by atoms with Crippen LogP contribution in [0.15, 0.2) is 68.0 Å². The molecule has 0 fully saturated rings. The Morgan fingerprint density at radius 3 is 2.76 bits per heavy atom. The average molecular weight is 491 g/mol. The summed E-state index contributed by atoms with van der Waals surface area (Å²) < 4.78 is 20.2. The molecule has 2 aromatic carbocycles. The zero-order valence-corrected chi connectivity index (χ0v) is 17.9. The van der Waals surface area contributed by atoms with Gasteiger partial charge >= 0.3 is 0 Å². The van der Waals surface area contributed by atoms with Crippen molar-refractivity contribution in [2.75, 3.05) is 11.1 Å². The van der Waals surface area contributed by atoms with Crippen molar-refractivity contribution in [3.05, 3.63) is 64.2 Å². The normalized spacial score (nSPS) is 10.8. The highest BCUT2D eigenvalue weighted by Crippen LogP contribution is 2.27. The first-order chi connectivity index (χ1) is 14.1. The molecular formula is C19H12BrFN4O2S2. The smallest absolute Gasteiger partial charge is 0.277 e. The Morgan fingerprint density at radius 2 is 1.97 bits per heavy atom. The van der Waals surface area contributed by atoms with Gasteiger partial charge in [-0.15, -0.1) is 21.5 Å². The van der Waals surface area contributed by atoms with E-state index in [0.717, 1.165) is 27.5 Å². The molecule has 146 valence electrons. The third-order valence-corrected chi connectivity index (χ3v) is 5.83. The number of thioether (sulfide) groups is 1. The summed E-state index contributed by atoms with van der Waals surface area (Å²) in [5.41, 5.74) is 1.97. The van der Waals surface area contributed by atoms with Crippen LogP contribution in [0.2, 0.25) is 0 Å². The number of hydrogen-bond donors (Lipinski definition) is 1. The molecule has 4 aromatic rings. The lowest BCUT2D eigenvalue weighted by Crippen LogP contribution is -2.13. The number of carbonyl (C=O) groups excluding carboxylic acids is 1. The summed E-state index contributed by atoms with van der Waals surface area (Å²) in [4.78, 5) is 16.6. The van der Waals surface area contributed by atoms with E-state index in [1.165, 1.54) is 17.4 Å². The molecule has 0 spiro atoms. The lowest BCUT2D eigenvalue weighted by molar-refractivity contribution is -0.113. The topological polar surface area (TPSA) is 80.9 Å². The minimum atomic E-state index is -0.448. The number of benzene rings is 2. The van der Waals surface area contributed by atoms with Crippen LogP contribution in [0.3, 0.4) is 0 Å². The Labute approximate surface area is 181 Å². The summed E-state index contributed by atoms with van der Waals surface area (Å²) in [6.45, 7) is 0. The van der Waals surface area contributed by atoms with Gasteiger partial charge in [0.05, 0.1) is 17.0 Å². The van der Waals surface area contributed by atoms with Crippen LogP contribution in [0, 0.1) is 5.82 Å². The van der Waals surface area contributed by atoms with Crippen LogP contribution >= 0.6 is 39.0 Å². The molecule has 0 atom stereocenters. The second-order valence-corrected chi connectivity index (χ2v) is 8.43. The van der Waals surface area contributed by atoms with Gasteiger partial charge in [-0.2, -0.15) is 0 Å². The third-order valence-electron chi connectivity index (χ3n) is 3.73. The van der Waals surface area contributed by atoms with Gasteiger partial charge < -0.3 is 9.73 Å². The molecule has 4 rings (SSSR count). The largest absolute Gasteiger partial charge is 0.411 e. The highest BCUT2D eigenvalue weighted by molar-refractivity contribution is 9.10. The van der Waals surface area contributed by atoms with E-state index in [-0.39, 0.29) is 28.3 Å². The molecule has 0 saturated heterocycles. The maximum Gasteiger partial charge on any atom is 0.277 e. The zero-order valence-electron chi connectivity index (χ0n) is 14.6. The number of aromatic nitrogens is 3. The van der Waals surface area contributed by atoms with Crippen molar-refractivity contribution in [2.24, 2.45) is 0 Å². The molecule has 2 aromatic heterocycles. The molecule has 1 N–H and O–H groups in total. The van der Waals surface area contributed by atoms with E-state index >= 15 is 0 Å². The Balaban J connectivity index is 1.34. The number of halogens is 2. The molecule has 0 aliphatic heterocycles.